The van der Waals surface area contributed by atoms with Crippen LogP contribution in [0.15, 0.2) is 30.3 Å². The molecule has 0 spiro atoms. The average molecular weight is 305 g/mol. The van der Waals surface area contributed by atoms with Crippen LogP contribution >= 0.6 is 0 Å². The molecule has 0 aliphatic carbocycles. The summed E-state index contributed by atoms with van der Waals surface area (Å²) in [6, 6.07) is 9.01. The van der Waals surface area contributed by atoms with Crippen LogP contribution in [-0.4, -0.2) is 54.0 Å². The predicted octanol–water partition coefficient (Wildman–Crippen LogP) is 1.20. The lowest BCUT2D eigenvalue weighted by Crippen LogP contribution is -2.44. The lowest BCUT2D eigenvalue weighted by molar-refractivity contribution is -0.131. The summed E-state index contributed by atoms with van der Waals surface area (Å²) < 4.78 is 5.30. The van der Waals surface area contributed by atoms with Crippen LogP contribution in [0.5, 0.6) is 0 Å². The van der Waals surface area contributed by atoms with Gasteiger partial charge in [0.25, 0.3) is 0 Å². The van der Waals surface area contributed by atoms with E-state index in [0.29, 0.717) is 13.1 Å². The smallest absolute Gasteiger partial charge is 0.410 e. The number of benzene rings is 1. The van der Waals surface area contributed by atoms with Gasteiger partial charge in [0.05, 0.1) is 12.1 Å². The van der Waals surface area contributed by atoms with Gasteiger partial charge in [-0.25, -0.2) is 4.79 Å². The molecule has 2 N–H and O–H groups in total. The van der Waals surface area contributed by atoms with Crippen molar-refractivity contribution >= 4 is 12.0 Å². The largest absolute Gasteiger partial charge is 0.445 e. The first-order valence-corrected chi connectivity index (χ1v) is 7.47. The van der Waals surface area contributed by atoms with Crippen LogP contribution in [0.3, 0.4) is 0 Å². The summed E-state index contributed by atoms with van der Waals surface area (Å²) in [6.07, 6.45) is 0.374. The van der Waals surface area contributed by atoms with Gasteiger partial charge in [0, 0.05) is 20.1 Å². The van der Waals surface area contributed by atoms with Crippen molar-refractivity contribution in [2.24, 2.45) is 5.73 Å². The first-order chi connectivity index (χ1) is 10.5. The molecule has 1 aromatic carbocycles. The van der Waals surface area contributed by atoms with Gasteiger partial charge in [-0.1, -0.05) is 30.3 Å². The van der Waals surface area contributed by atoms with Crippen molar-refractivity contribution in [2.75, 3.05) is 20.1 Å². The normalized spacial score (nSPS) is 18.9. The van der Waals surface area contributed by atoms with Crippen molar-refractivity contribution in [3.8, 4) is 0 Å². The highest BCUT2D eigenvalue weighted by molar-refractivity contribution is 5.81. The van der Waals surface area contributed by atoms with E-state index in [0.717, 1.165) is 12.0 Å². The molecular formula is C16H23N3O3. The third-order valence-electron chi connectivity index (χ3n) is 3.91. The summed E-state index contributed by atoms with van der Waals surface area (Å²) >= 11 is 0. The molecule has 6 nitrogen and oxygen atoms in total. The minimum Gasteiger partial charge on any atom is -0.445 e. The van der Waals surface area contributed by atoms with Crippen molar-refractivity contribution in [2.45, 2.75) is 32.0 Å². The van der Waals surface area contributed by atoms with Gasteiger partial charge in [-0.15, -0.1) is 0 Å². The molecule has 2 atom stereocenters. The number of hydrogen-bond donors (Lipinski definition) is 1. The van der Waals surface area contributed by atoms with Gasteiger partial charge in [-0.2, -0.15) is 0 Å². The Morgan fingerprint density at radius 3 is 2.73 bits per heavy atom. The van der Waals surface area contributed by atoms with E-state index in [2.05, 4.69) is 0 Å². The van der Waals surface area contributed by atoms with Crippen molar-refractivity contribution in [1.29, 1.82) is 0 Å². The van der Waals surface area contributed by atoms with Gasteiger partial charge in [0.2, 0.25) is 5.91 Å². The fraction of sp³-hybridized carbons (Fsp3) is 0.500. The second-order valence-electron chi connectivity index (χ2n) is 5.67. The van der Waals surface area contributed by atoms with Gasteiger partial charge in [0.15, 0.2) is 0 Å². The van der Waals surface area contributed by atoms with Crippen molar-refractivity contribution < 1.29 is 14.3 Å². The molecule has 1 heterocycles. The molecule has 2 amide bonds. The predicted molar refractivity (Wildman–Crippen MR) is 83.0 cm³/mol. The maximum absolute atomic E-state index is 12.1. The molecule has 120 valence electrons. The molecule has 22 heavy (non-hydrogen) atoms. The minimum atomic E-state index is -0.505. The third-order valence-corrected chi connectivity index (χ3v) is 3.91. The standard InChI is InChI=1S/C16H23N3O3/c1-12(17)15(20)19-9-8-14(10-19)18(2)16(21)22-11-13-6-4-3-5-7-13/h3-7,12,14H,8-11,17H2,1-2H3/t12-,14?/m0/s1. The molecule has 2 rings (SSSR count). The number of carbonyl (C=O) groups is 2. The second-order valence-corrected chi connectivity index (χ2v) is 5.67. The molecule has 1 aromatic rings. The quantitative estimate of drug-likeness (QED) is 0.907. The molecular weight excluding hydrogens is 282 g/mol. The van der Waals surface area contributed by atoms with E-state index < -0.39 is 6.04 Å². The molecule has 0 radical (unpaired) electrons. The van der Waals surface area contributed by atoms with E-state index in [4.69, 9.17) is 10.5 Å². The molecule has 0 aromatic heterocycles. The number of amides is 2. The summed E-state index contributed by atoms with van der Waals surface area (Å²) in [5.74, 6) is -0.0754. The number of ether oxygens (including phenoxy) is 1. The lowest BCUT2D eigenvalue weighted by atomic mass is 10.2. The van der Waals surface area contributed by atoms with Crippen LogP contribution in [-0.2, 0) is 16.1 Å². The molecule has 6 heteroatoms. The van der Waals surface area contributed by atoms with Crippen molar-refractivity contribution in [3.05, 3.63) is 35.9 Å². The second kappa shape index (κ2) is 7.26. The zero-order valence-electron chi connectivity index (χ0n) is 13.1. The first kappa shape index (κ1) is 16.3. The molecule has 1 unspecified atom stereocenters. The fourth-order valence-corrected chi connectivity index (χ4v) is 2.52. The van der Waals surface area contributed by atoms with Gasteiger partial charge in [-0.3, -0.25) is 4.79 Å². The number of hydrogen-bond acceptors (Lipinski definition) is 4. The Hall–Kier alpha value is -2.08. The maximum atomic E-state index is 12.1. The number of carbonyl (C=O) groups excluding carboxylic acids is 2. The van der Waals surface area contributed by atoms with Crippen molar-refractivity contribution in [1.82, 2.24) is 9.80 Å². The van der Waals surface area contributed by atoms with E-state index in [-0.39, 0.29) is 24.6 Å². The number of nitrogens with zero attached hydrogens (tertiary/aromatic N) is 2. The Kier molecular flexibility index (Phi) is 5.38. The van der Waals surface area contributed by atoms with Gasteiger partial charge < -0.3 is 20.3 Å². The van der Waals surface area contributed by atoms with E-state index >= 15 is 0 Å². The molecule has 1 aliphatic rings. The summed E-state index contributed by atoms with van der Waals surface area (Å²) in [4.78, 5) is 27.2. The van der Waals surface area contributed by atoms with Crippen LogP contribution < -0.4 is 5.73 Å². The topological polar surface area (TPSA) is 75.9 Å². The van der Waals surface area contributed by atoms with E-state index in [9.17, 15) is 9.59 Å². The monoisotopic (exact) mass is 305 g/mol. The molecule has 1 fully saturated rings. The van der Waals surface area contributed by atoms with Crippen molar-refractivity contribution in [3.63, 3.8) is 0 Å². The van der Waals surface area contributed by atoms with E-state index in [1.807, 2.05) is 30.3 Å². The molecule has 0 bridgehead atoms. The highest BCUT2D eigenvalue weighted by Gasteiger charge is 2.32. The van der Waals surface area contributed by atoms with Crippen LogP contribution in [0.4, 0.5) is 4.79 Å². The Balaban J connectivity index is 1.83. The summed E-state index contributed by atoms with van der Waals surface area (Å²) in [6.45, 7) is 3.06. The number of likely N-dealkylation sites (N-methyl/N-ethyl adjacent to an activating group) is 1. The molecule has 0 saturated carbocycles. The fourth-order valence-electron chi connectivity index (χ4n) is 2.52. The lowest BCUT2D eigenvalue weighted by Gasteiger charge is -2.24. The number of likely N-dealkylation sites (tertiary alicyclic amines) is 1. The first-order valence-electron chi connectivity index (χ1n) is 7.47. The van der Waals surface area contributed by atoms with Gasteiger partial charge >= 0.3 is 6.09 Å². The summed E-state index contributed by atoms with van der Waals surface area (Å²) in [5.41, 5.74) is 6.56. The Morgan fingerprint density at radius 1 is 1.41 bits per heavy atom. The minimum absolute atomic E-state index is 0.0222. The summed E-state index contributed by atoms with van der Waals surface area (Å²) in [7, 11) is 1.71. The average Bonchev–Trinajstić information content (AvgIpc) is 3.01. The SMILES string of the molecule is C[C@H](N)C(=O)N1CCC(N(C)C(=O)OCc2ccccc2)C1. The zero-order valence-corrected chi connectivity index (χ0v) is 13.1. The van der Waals surface area contributed by atoms with Crippen LogP contribution in [0.1, 0.15) is 18.9 Å². The highest BCUT2D eigenvalue weighted by atomic mass is 16.6. The van der Waals surface area contributed by atoms with E-state index in [1.54, 1.807) is 23.8 Å². The Labute approximate surface area is 130 Å². The molecule has 1 aliphatic heterocycles. The van der Waals surface area contributed by atoms with Gasteiger partial charge in [0.1, 0.15) is 6.61 Å². The van der Waals surface area contributed by atoms with Crippen LogP contribution in [0, 0.1) is 0 Å². The zero-order chi connectivity index (χ0) is 16.1. The highest BCUT2D eigenvalue weighted by Crippen LogP contribution is 2.16. The summed E-state index contributed by atoms with van der Waals surface area (Å²) in [5, 5.41) is 0. The van der Waals surface area contributed by atoms with Crippen LogP contribution in [0.25, 0.3) is 0 Å². The van der Waals surface area contributed by atoms with Crippen LogP contribution in [0.2, 0.25) is 0 Å². The van der Waals surface area contributed by atoms with Gasteiger partial charge in [-0.05, 0) is 18.9 Å². The molecule has 1 saturated heterocycles. The number of nitrogens with two attached hydrogens (primary N) is 1. The maximum Gasteiger partial charge on any atom is 0.410 e. The third kappa shape index (κ3) is 3.98. The Morgan fingerprint density at radius 2 is 2.09 bits per heavy atom. The Bertz CT molecular complexity index is 519. The van der Waals surface area contributed by atoms with E-state index in [1.165, 1.54) is 0 Å². The number of rotatable bonds is 4.